The summed E-state index contributed by atoms with van der Waals surface area (Å²) in [5, 5.41) is 7.26. The minimum atomic E-state index is -0.00544. The Bertz CT molecular complexity index is 847. The first kappa shape index (κ1) is 16.5. The fraction of sp³-hybridized carbons (Fsp3) is 0.333. The molecule has 134 valence electrons. The highest BCUT2D eigenvalue weighted by atomic mass is 16.5. The first-order valence-corrected chi connectivity index (χ1v) is 8.56. The van der Waals surface area contributed by atoms with Gasteiger partial charge in [0.1, 0.15) is 6.26 Å². The predicted octanol–water partition coefficient (Wildman–Crippen LogP) is 1.83. The molecule has 0 spiro atoms. The molecule has 1 amide bonds. The van der Waals surface area contributed by atoms with Crippen molar-refractivity contribution in [1.82, 2.24) is 25.3 Å². The highest BCUT2D eigenvalue weighted by molar-refractivity contribution is 5.77. The van der Waals surface area contributed by atoms with Crippen LogP contribution in [0.25, 0.3) is 11.4 Å². The predicted molar refractivity (Wildman–Crippen MR) is 91.9 cm³/mol. The van der Waals surface area contributed by atoms with E-state index in [-0.39, 0.29) is 11.9 Å². The third-order valence-corrected chi connectivity index (χ3v) is 4.43. The number of nitrogens with zero attached hydrogens (tertiary/aromatic N) is 4. The summed E-state index contributed by atoms with van der Waals surface area (Å²) >= 11 is 0. The number of nitrogens with one attached hydrogen (secondary N) is 1. The summed E-state index contributed by atoms with van der Waals surface area (Å²) in [6.07, 6.45) is 7.39. The van der Waals surface area contributed by atoms with Crippen molar-refractivity contribution < 1.29 is 13.7 Å². The van der Waals surface area contributed by atoms with Crippen LogP contribution in [0.4, 0.5) is 0 Å². The Hall–Kier alpha value is -3.00. The van der Waals surface area contributed by atoms with Crippen LogP contribution < -0.4 is 5.32 Å². The maximum Gasteiger partial charge on any atom is 0.227 e. The fourth-order valence-corrected chi connectivity index (χ4v) is 3.10. The molecule has 4 heterocycles. The fourth-order valence-electron chi connectivity index (χ4n) is 3.10. The van der Waals surface area contributed by atoms with Gasteiger partial charge in [0.15, 0.2) is 0 Å². The smallest absolute Gasteiger partial charge is 0.227 e. The zero-order valence-electron chi connectivity index (χ0n) is 14.2. The van der Waals surface area contributed by atoms with Crippen LogP contribution in [-0.2, 0) is 11.2 Å². The van der Waals surface area contributed by atoms with Crippen LogP contribution in [0.3, 0.4) is 0 Å². The minimum absolute atomic E-state index is 0.00544. The van der Waals surface area contributed by atoms with E-state index < -0.39 is 0 Å². The molecule has 0 aromatic carbocycles. The average Bonchev–Trinajstić information content (AvgIpc) is 3.38. The largest absolute Gasteiger partial charge is 0.472 e. The van der Waals surface area contributed by atoms with E-state index in [1.54, 1.807) is 24.8 Å². The molecule has 1 aliphatic rings. The summed E-state index contributed by atoms with van der Waals surface area (Å²) in [7, 11) is 0. The zero-order chi connectivity index (χ0) is 17.8. The normalized spacial score (nSPS) is 17.4. The summed E-state index contributed by atoms with van der Waals surface area (Å²) in [4.78, 5) is 23.2. The molecule has 26 heavy (non-hydrogen) atoms. The topological polar surface area (TPSA) is 97.3 Å². The number of piperazine rings is 1. The quantitative estimate of drug-likeness (QED) is 0.747. The van der Waals surface area contributed by atoms with Crippen LogP contribution in [0.15, 0.2) is 52.1 Å². The summed E-state index contributed by atoms with van der Waals surface area (Å²) in [5.41, 5.74) is 1.79. The lowest BCUT2D eigenvalue weighted by Gasteiger charge is -2.36. The Morgan fingerprint density at radius 1 is 1.38 bits per heavy atom. The summed E-state index contributed by atoms with van der Waals surface area (Å²) < 4.78 is 10.3. The first-order valence-electron chi connectivity index (χ1n) is 8.56. The SMILES string of the molecule is O=C(CCc1nc(-c2ccoc2)no1)N1CCNCC1c1cccnc1. The monoisotopic (exact) mass is 353 g/mol. The van der Waals surface area contributed by atoms with Gasteiger partial charge in [-0.1, -0.05) is 11.2 Å². The van der Waals surface area contributed by atoms with Gasteiger partial charge in [-0.25, -0.2) is 0 Å². The van der Waals surface area contributed by atoms with Crippen LogP contribution in [0.1, 0.15) is 23.9 Å². The Morgan fingerprint density at radius 3 is 3.15 bits per heavy atom. The van der Waals surface area contributed by atoms with Crippen LogP contribution >= 0.6 is 0 Å². The van der Waals surface area contributed by atoms with Gasteiger partial charge in [0.05, 0.1) is 17.9 Å². The Balaban J connectivity index is 1.40. The van der Waals surface area contributed by atoms with Gasteiger partial charge in [-0.3, -0.25) is 9.78 Å². The number of rotatable bonds is 5. The standard InChI is InChI=1S/C18H19N5O3/c24-17(4-3-16-21-18(22-26-16)14-5-9-25-12-14)23-8-7-20-11-15(23)13-2-1-6-19-10-13/h1-2,5-6,9-10,12,15,20H,3-4,7-8,11H2. The van der Waals surface area contributed by atoms with Gasteiger partial charge in [0.25, 0.3) is 0 Å². The molecule has 0 aliphatic carbocycles. The van der Waals surface area contributed by atoms with E-state index in [0.717, 1.165) is 24.2 Å². The second-order valence-electron chi connectivity index (χ2n) is 6.12. The number of furan rings is 1. The highest BCUT2D eigenvalue weighted by Gasteiger charge is 2.28. The lowest BCUT2D eigenvalue weighted by atomic mass is 10.0. The number of amides is 1. The van der Waals surface area contributed by atoms with Gasteiger partial charge in [0.2, 0.25) is 17.6 Å². The van der Waals surface area contributed by atoms with Gasteiger partial charge < -0.3 is 19.2 Å². The van der Waals surface area contributed by atoms with E-state index in [4.69, 9.17) is 8.94 Å². The molecular formula is C18H19N5O3. The molecule has 1 N–H and O–H groups in total. The molecule has 0 saturated carbocycles. The Kier molecular flexibility index (Phi) is 4.74. The molecule has 1 saturated heterocycles. The number of hydrogen-bond acceptors (Lipinski definition) is 7. The van der Waals surface area contributed by atoms with Crippen molar-refractivity contribution in [1.29, 1.82) is 0 Å². The maximum absolute atomic E-state index is 12.8. The van der Waals surface area contributed by atoms with Gasteiger partial charge in [0, 0.05) is 44.9 Å². The summed E-state index contributed by atoms with van der Waals surface area (Å²) in [6.45, 7) is 2.18. The van der Waals surface area contributed by atoms with E-state index >= 15 is 0 Å². The number of aryl methyl sites for hydroxylation is 1. The van der Waals surface area contributed by atoms with Crippen LogP contribution in [-0.4, -0.2) is 45.6 Å². The molecule has 1 unspecified atom stereocenters. The molecule has 1 atom stereocenters. The minimum Gasteiger partial charge on any atom is -0.472 e. The Labute approximate surface area is 150 Å². The molecule has 0 radical (unpaired) electrons. The van der Waals surface area contributed by atoms with Crippen LogP contribution in [0.2, 0.25) is 0 Å². The molecule has 1 aliphatic heterocycles. The van der Waals surface area contributed by atoms with E-state index in [9.17, 15) is 4.79 Å². The van der Waals surface area contributed by atoms with E-state index in [1.165, 1.54) is 0 Å². The average molecular weight is 353 g/mol. The van der Waals surface area contributed by atoms with Gasteiger partial charge >= 0.3 is 0 Å². The highest BCUT2D eigenvalue weighted by Crippen LogP contribution is 2.23. The molecule has 3 aromatic heterocycles. The van der Waals surface area contributed by atoms with Crippen molar-refractivity contribution in [3.05, 3.63) is 54.6 Å². The second-order valence-corrected chi connectivity index (χ2v) is 6.12. The van der Waals surface area contributed by atoms with Crippen molar-refractivity contribution in [3.63, 3.8) is 0 Å². The third-order valence-electron chi connectivity index (χ3n) is 4.43. The maximum atomic E-state index is 12.8. The van der Waals surface area contributed by atoms with E-state index in [0.29, 0.717) is 31.1 Å². The van der Waals surface area contributed by atoms with Crippen LogP contribution in [0.5, 0.6) is 0 Å². The van der Waals surface area contributed by atoms with Crippen molar-refractivity contribution in [2.24, 2.45) is 0 Å². The molecule has 1 fully saturated rings. The number of aromatic nitrogens is 3. The lowest BCUT2D eigenvalue weighted by molar-refractivity contribution is -0.134. The molecule has 8 heteroatoms. The molecule has 4 rings (SSSR count). The van der Waals surface area contributed by atoms with Crippen LogP contribution in [0, 0.1) is 0 Å². The number of hydrogen-bond donors (Lipinski definition) is 1. The molecule has 0 bridgehead atoms. The second kappa shape index (κ2) is 7.49. The summed E-state index contributed by atoms with van der Waals surface area (Å²) in [5.74, 6) is 0.989. The van der Waals surface area contributed by atoms with Crippen molar-refractivity contribution >= 4 is 5.91 Å². The van der Waals surface area contributed by atoms with Gasteiger partial charge in [-0.05, 0) is 17.7 Å². The number of pyridine rings is 1. The zero-order valence-corrected chi connectivity index (χ0v) is 14.2. The number of carbonyl (C=O) groups is 1. The molecular weight excluding hydrogens is 334 g/mol. The lowest BCUT2D eigenvalue weighted by Crippen LogP contribution is -2.48. The van der Waals surface area contributed by atoms with Gasteiger partial charge in [-0.15, -0.1) is 0 Å². The van der Waals surface area contributed by atoms with Gasteiger partial charge in [-0.2, -0.15) is 4.98 Å². The third kappa shape index (κ3) is 3.50. The van der Waals surface area contributed by atoms with Crippen molar-refractivity contribution in [2.45, 2.75) is 18.9 Å². The number of carbonyl (C=O) groups excluding carboxylic acids is 1. The van der Waals surface area contributed by atoms with E-state index in [2.05, 4.69) is 20.4 Å². The molecule has 8 nitrogen and oxygen atoms in total. The first-order chi connectivity index (χ1) is 12.8. The van der Waals surface area contributed by atoms with Crippen molar-refractivity contribution in [3.8, 4) is 11.4 Å². The van der Waals surface area contributed by atoms with Crippen molar-refractivity contribution in [2.75, 3.05) is 19.6 Å². The van der Waals surface area contributed by atoms with E-state index in [1.807, 2.05) is 23.2 Å². The molecule has 3 aromatic rings. The Morgan fingerprint density at radius 2 is 2.35 bits per heavy atom. The summed E-state index contributed by atoms with van der Waals surface area (Å²) in [6, 6.07) is 5.65.